The molecular formula is C17H26IN3O2. The fraction of sp³-hybridized carbons (Fsp3) is 0.588. The number of ether oxygens (including phenoxy) is 2. The quantitative estimate of drug-likeness (QED) is 0.437. The normalized spacial score (nSPS) is 28.5. The number of para-hydroxylation sites is 1. The van der Waals surface area contributed by atoms with Gasteiger partial charge in [0.15, 0.2) is 5.96 Å². The zero-order valence-corrected chi connectivity index (χ0v) is 16.2. The summed E-state index contributed by atoms with van der Waals surface area (Å²) < 4.78 is 11.0. The first-order chi connectivity index (χ1) is 10.5. The Kier molecular flexibility index (Phi) is 5.91. The van der Waals surface area contributed by atoms with E-state index >= 15 is 0 Å². The van der Waals surface area contributed by atoms with Crippen LogP contribution >= 0.6 is 24.0 Å². The van der Waals surface area contributed by atoms with E-state index in [4.69, 9.17) is 20.2 Å². The molecule has 0 bridgehead atoms. The Labute approximate surface area is 155 Å². The maximum atomic E-state index is 6.14. The van der Waals surface area contributed by atoms with Crippen molar-refractivity contribution in [3.8, 4) is 0 Å². The van der Waals surface area contributed by atoms with Crippen molar-refractivity contribution in [3.05, 3.63) is 29.8 Å². The zero-order valence-electron chi connectivity index (χ0n) is 13.9. The number of rotatable bonds is 4. The second-order valence-electron chi connectivity index (χ2n) is 6.74. The molecule has 0 aromatic heterocycles. The Balaban J connectivity index is 0.00000192. The van der Waals surface area contributed by atoms with Gasteiger partial charge in [-0.25, -0.2) is 4.99 Å². The van der Waals surface area contributed by atoms with E-state index < -0.39 is 0 Å². The number of guanidine groups is 1. The monoisotopic (exact) mass is 431 g/mol. The number of hydrogen-bond acceptors (Lipinski definition) is 3. The predicted octanol–water partition coefficient (Wildman–Crippen LogP) is 2.99. The number of halogens is 1. The fourth-order valence-electron chi connectivity index (χ4n) is 3.80. The molecule has 5 nitrogen and oxygen atoms in total. The number of methoxy groups -OCH3 is 1. The maximum Gasteiger partial charge on any atom is 0.193 e. The largest absolute Gasteiger partial charge is 0.380 e. The lowest BCUT2D eigenvalue weighted by Crippen LogP contribution is -2.59. The number of anilines is 1. The van der Waals surface area contributed by atoms with Crippen LogP contribution in [0.25, 0.3) is 0 Å². The molecule has 3 N–H and O–H groups in total. The molecule has 1 aromatic carbocycles. The average molecular weight is 431 g/mol. The van der Waals surface area contributed by atoms with Crippen molar-refractivity contribution in [2.24, 2.45) is 22.1 Å². The van der Waals surface area contributed by atoms with Crippen LogP contribution in [-0.4, -0.2) is 31.8 Å². The molecule has 0 radical (unpaired) electrons. The third-order valence-electron chi connectivity index (χ3n) is 4.90. The molecule has 1 saturated carbocycles. The van der Waals surface area contributed by atoms with Gasteiger partial charge >= 0.3 is 0 Å². The van der Waals surface area contributed by atoms with Crippen molar-refractivity contribution < 1.29 is 9.47 Å². The molecule has 3 atom stereocenters. The number of benzene rings is 1. The first-order valence-electron chi connectivity index (χ1n) is 7.82. The Morgan fingerprint density at radius 2 is 2.17 bits per heavy atom. The summed E-state index contributed by atoms with van der Waals surface area (Å²) in [6, 6.07) is 8.20. The van der Waals surface area contributed by atoms with E-state index in [9.17, 15) is 0 Å². The molecule has 1 aliphatic carbocycles. The minimum atomic E-state index is 0. The summed E-state index contributed by atoms with van der Waals surface area (Å²) >= 11 is 0. The molecule has 1 aliphatic heterocycles. The molecule has 2 aliphatic rings. The molecule has 1 heterocycles. The molecule has 1 saturated heterocycles. The summed E-state index contributed by atoms with van der Waals surface area (Å²) in [4.78, 5) is 4.74. The van der Waals surface area contributed by atoms with Crippen LogP contribution in [0.5, 0.6) is 0 Å². The molecule has 1 aromatic rings. The third-order valence-corrected chi connectivity index (χ3v) is 4.90. The van der Waals surface area contributed by atoms with E-state index in [0.717, 1.165) is 24.3 Å². The number of hydrogen-bond donors (Lipinski definition) is 2. The smallest absolute Gasteiger partial charge is 0.193 e. The summed E-state index contributed by atoms with van der Waals surface area (Å²) in [5.74, 6) is 0.969. The number of aliphatic imine (C=N–C) groups is 1. The Morgan fingerprint density at radius 3 is 2.91 bits per heavy atom. The van der Waals surface area contributed by atoms with Gasteiger partial charge < -0.3 is 20.5 Å². The van der Waals surface area contributed by atoms with E-state index in [1.807, 2.05) is 24.3 Å². The molecule has 6 heteroatoms. The second-order valence-corrected chi connectivity index (χ2v) is 6.74. The molecule has 0 amide bonds. The van der Waals surface area contributed by atoms with Gasteiger partial charge in [0, 0.05) is 36.3 Å². The van der Waals surface area contributed by atoms with Crippen LogP contribution in [0, 0.1) is 11.3 Å². The lowest BCUT2D eigenvalue weighted by Gasteiger charge is -2.52. The Hall–Kier alpha value is -0.860. The number of fused-ring (bicyclic) bond motifs is 1. The molecular weight excluding hydrogens is 405 g/mol. The lowest BCUT2D eigenvalue weighted by molar-refractivity contribution is -0.0985. The summed E-state index contributed by atoms with van der Waals surface area (Å²) in [5.41, 5.74) is 8.21. The topological polar surface area (TPSA) is 68.9 Å². The van der Waals surface area contributed by atoms with Gasteiger partial charge in [-0.05, 0) is 12.5 Å². The van der Waals surface area contributed by atoms with Gasteiger partial charge in [-0.3, -0.25) is 0 Å². The minimum Gasteiger partial charge on any atom is -0.380 e. The average Bonchev–Trinajstić information content (AvgIpc) is 2.94. The van der Waals surface area contributed by atoms with Crippen molar-refractivity contribution in [3.63, 3.8) is 0 Å². The molecule has 3 unspecified atom stereocenters. The van der Waals surface area contributed by atoms with E-state index in [0.29, 0.717) is 24.6 Å². The van der Waals surface area contributed by atoms with Crippen LogP contribution in [0.4, 0.5) is 5.69 Å². The van der Waals surface area contributed by atoms with Crippen LogP contribution in [0.1, 0.15) is 25.8 Å². The summed E-state index contributed by atoms with van der Waals surface area (Å²) in [5, 5.41) is 3.22. The van der Waals surface area contributed by atoms with Gasteiger partial charge in [-0.15, -0.1) is 24.0 Å². The highest BCUT2D eigenvalue weighted by atomic mass is 127. The number of nitrogens with two attached hydrogens (primary N) is 1. The SMILES string of the molecule is COCc1ccccc1NC(N)=NC1C2CCOC2C1(C)C.I. The lowest BCUT2D eigenvalue weighted by atomic mass is 9.57. The van der Waals surface area contributed by atoms with Crippen LogP contribution in [0.3, 0.4) is 0 Å². The predicted molar refractivity (Wildman–Crippen MR) is 103 cm³/mol. The van der Waals surface area contributed by atoms with Gasteiger partial charge in [0.1, 0.15) is 0 Å². The Morgan fingerprint density at radius 1 is 1.43 bits per heavy atom. The first kappa shape index (κ1) is 18.5. The van der Waals surface area contributed by atoms with Crippen LogP contribution < -0.4 is 11.1 Å². The van der Waals surface area contributed by atoms with Crippen molar-refractivity contribution in [1.82, 2.24) is 0 Å². The third kappa shape index (κ3) is 3.49. The van der Waals surface area contributed by atoms with E-state index in [1.54, 1.807) is 7.11 Å². The van der Waals surface area contributed by atoms with E-state index in [2.05, 4.69) is 19.2 Å². The van der Waals surface area contributed by atoms with Crippen molar-refractivity contribution in [2.75, 3.05) is 19.0 Å². The van der Waals surface area contributed by atoms with Crippen LogP contribution in [0.2, 0.25) is 0 Å². The fourth-order valence-corrected chi connectivity index (χ4v) is 3.80. The summed E-state index contributed by atoms with van der Waals surface area (Å²) in [6.07, 6.45) is 1.41. The van der Waals surface area contributed by atoms with Gasteiger partial charge in [0.25, 0.3) is 0 Å². The van der Waals surface area contributed by atoms with E-state index in [1.165, 1.54) is 0 Å². The molecule has 23 heavy (non-hydrogen) atoms. The number of nitrogens with one attached hydrogen (secondary N) is 1. The highest BCUT2D eigenvalue weighted by molar-refractivity contribution is 14.0. The second kappa shape index (κ2) is 7.36. The number of nitrogens with zero attached hydrogens (tertiary/aromatic N) is 1. The first-order valence-corrected chi connectivity index (χ1v) is 7.82. The van der Waals surface area contributed by atoms with Crippen molar-refractivity contribution >= 4 is 35.6 Å². The zero-order chi connectivity index (χ0) is 15.7. The maximum absolute atomic E-state index is 6.14. The summed E-state index contributed by atoms with van der Waals surface area (Å²) in [6.45, 7) is 5.80. The summed E-state index contributed by atoms with van der Waals surface area (Å²) in [7, 11) is 1.69. The van der Waals surface area contributed by atoms with Crippen LogP contribution in [-0.2, 0) is 16.1 Å². The molecule has 0 spiro atoms. The standard InChI is InChI=1S/C17H25N3O2.HI/c1-17(2)14(12-8-9-22-15(12)17)20-16(18)19-13-7-5-4-6-11(13)10-21-3;/h4-7,12,14-15H,8-10H2,1-3H3,(H3,18,19,20);1H. The van der Waals surface area contributed by atoms with E-state index in [-0.39, 0.29) is 35.4 Å². The highest BCUT2D eigenvalue weighted by Crippen LogP contribution is 2.53. The molecule has 2 fully saturated rings. The molecule has 3 rings (SSSR count). The van der Waals surface area contributed by atoms with Crippen LogP contribution in [0.15, 0.2) is 29.3 Å². The minimum absolute atomic E-state index is 0. The van der Waals surface area contributed by atoms with Crippen molar-refractivity contribution in [2.45, 2.75) is 39.0 Å². The van der Waals surface area contributed by atoms with Gasteiger partial charge in [0.2, 0.25) is 0 Å². The van der Waals surface area contributed by atoms with Gasteiger partial charge in [-0.1, -0.05) is 32.0 Å². The van der Waals surface area contributed by atoms with Gasteiger partial charge in [-0.2, -0.15) is 0 Å². The Bertz CT molecular complexity index is 577. The molecule has 128 valence electrons. The van der Waals surface area contributed by atoms with Crippen molar-refractivity contribution in [1.29, 1.82) is 0 Å². The van der Waals surface area contributed by atoms with Gasteiger partial charge in [0.05, 0.1) is 18.8 Å². The highest BCUT2D eigenvalue weighted by Gasteiger charge is 2.59.